The highest BCUT2D eigenvalue weighted by Gasteiger charge is 2.43. The van der Waals surface area contributed by atoms with E-state index in [1.165, 1.54) is 6.07 Å². The Balaban J connectivity index is 1.33. The van der Waals surface area contributed by atoms with Gasteiger partial charge in [0.25, 0.3) is 0 Å². The number of piperidine rings is 1. The molecule has 2 bridgehead atoms. The fourth-order valence-electron chi connectivity index (χ4n) is 4.90. The average Bonchev–Trinajstić information content (AvgIpc) is 3.26. The van der Waals surface area contributed by atoms with Gasteiger partial charge in [-0.05, 0) is 48.9 Å². The van der Waals surface area contributed by atoms with Crippen molar-refractivity contribution < 1.29 is 22.6 Å². The monoisotopic (exact) mass is 508 g/mol. The molecule has 1 saturated carbocycles. The maximum atomic E-state index is 13.2. The summed E-state index contributed by atoms with van der Waals surface area (Å²) < 4.78 is 51.1. The first-order chi connectivity index (χ1) is 16.8. The number of benzene rings is 1. The number of hydrogen-bond acceptors (Lipinski definition) is 7. The molecule has 0 amide bonds. The molecular formula is C23H24ClF3N6O2. The molecule has 1 N–H and O–H groups in total. The minimum Gasteiger partial charge on any atom is -0.481 e. The zero-order valence-electron chi connectivity index (χ0n) is 18.9. The van der Waals surface area contributed by atoms with Gasteiger partial charge in [0, 0.05) is 42.1 Å². The minimum absolute atomic E-state index is 0.0516. The highest BCUT2D eigenvalue weighted by Crippen LogP contribution is 2.40. The summed E-state index contributed by atoms with van der Waals surface area (Å²) in [6.45, 7) is 0.291. The molecule has 1 aliphatic carbocycles. The van der Waals surface area contributed by atoms with Crippen molar-refractivity contribution in [2.45, 2.75) is 31.6 Å². The Morgan fingerprint density at radius 3 is 2.60 bits per heavy atom. The topological polar surface area (TPSA) is 77.3 Å². The average molecular weight is 509 g/mol. The van der Waals surface area contributed by atoms with E-state index in [0.717, 1.165) is 36.3 Å². The van der Waals surface area contributed by atoms with Gasteiger partial charge in [-0.25, -0.2) is 9.67 Å². The van der Waals surface area contributed by atoms with Crippen LogP contribution in [0, 0.1) is 11.8 Å². The number of fused-ring (bicyclic) bond motifs is 2. The number of nitrogens with one attached hydrogen (secondary N) is 1. The van der Waals surface area contributed by atoms with Gasteiger partial charge in [0.1, 0.15) is 12.3 Å². The number of alkyl halides is 3. The second-order valence-electron chi connectivity index (χ2n) is 8.78. The number of ether oxygens (including phenoxy) is 2. The molecule has 0 spiro atoms. The molecule has 8 nitrogen and oxygen atoms in total. The number of aromatic nitrogens is 4. The smallest absolute Gasteiger partial charge is 0.408 e. The highest BCUT2D eigenvalue weighted by atomic mass is 35.5. The summed E-state index contributed by atoms with van der Waals surface area (Å²) in [4.78, 5) is 10.7. The third-order valence-electron chi connectivity index (χ3n) is 6.39. The molecule has 0 unspecified atom stereocenters. The molecule has 2 aliphatic rings. The van der Waals surface area contributed by atoms with Gasteiger partial charge in [-0.2, -0.15) is 18.2 Å². The Morgan fingerprint density at radius 2 is 1.91 bits per heavy atom. The van der Waals surface area contributed by atoms with Crippen LogP contribution < -0.4 is 19.7 Å². The largest absolute Gasteiger partial charge is 0.481 e. The van der Waals surface area contributed by atoms with Crippen LogP contribution in [0.15, 0.2) is 42.6 Å². The third kappa shape index (κ3) is 5.39. The molecule has 1 aliphatic heterocycles. The molecular weight excluding hydrogens is 485 g/mol. The van der Waals surface area contributed by atoms with E-state index in [9.17, 15) is 13.2 Å². The van der Waals surface area contributed by atoms with Gasteiger partial charge < -0.3 is 19.7 Å². The summed E-state index contributed by atoms with van der Waals surface area (Å²) in [6, 6.07) is 10.1. The highest BCUT2D eigenvalue weighted by molar-refractivity contribution is 6.30. The zero-order valence-corrected chi connectivity index (χ0v) is 19.6. The summed E-state index contributed by atoms with van der Waals surface area (Å²) >= 11 is 5.97. The van der Waals surface area contributed by atoms with Gasteiger partial charge in [0.15, 0.2) is 0 Å². The maximum absolute atomic E-state index is 13.2. The summed E-state index contributed by atoms with van der Waals surface area (Å²) in [5.74, 6) is 1.54. The molecule has 1 saturated heterocycles. The maximum Gasteiger partial charge on any atom is 0.408 e. The van der Waals surface area contributed by atoms with E-state index < -0.39 is 12.7 Å². The van der Waals surface area contributed by atoms with Crippen LogP contribution in [0.4, 0.5) is 24.8 Å². The molecule has 3 aromatic rings. The lowest BCUT2D eigenvalue weighted by Gasteiger charge is -2.39. The number of halogens is 4. The molecule has 3 heterocycles. The van der Waals surface area contributed by atoms with E-state index in [4.69, 9.17) is 21.1 Å². The van der Waals surface area contributed by atoms with Crippen molar-refractivity contribution in [3.8, 4) is 17.6 Å². The Labute approximate surface area is 205 Å². The summed E-state index contributed by atoms with van der Waals surface area (Å²) in [6.07, 6.45) is -0.737. The second kappa shape index (κ2) is 9.44. The van der Waals surface area contributed by atoms with Crippen molar-refractivity contribution in [3.63, 3.8) is 0 Å². The molecule has 5 rings (SSSR count). The summed E-state index contributed by atoms with van der Waals surface area (Å²) in [5, 5.41) is 7.78. The Morgan fingerprint density at radius 1 is 1.14 bits per heavy atom. The first-order valence-corrected chi connectivity index (χ1v) is 11.6. The Kier molecular flexibility index (Phi) is 6.35. The van der Waals surface area contributed by atoms with Crippen molar-refractivity contribution >= 4 is 23.2 Å². The first kappa shape index (κ1) is 23.5. The van der Waals surface area contributed by atoms with E-state index in [-0.39, 0.29) is 23.8 Å². The standard InChI is InChI=1S/C23H24ClF3N6O2/c1-34-19-10-17(7-8-28-19)32-11-14-5-6-15(12-32)20(14)29-21-30-22(33(31-21)13-23(25,26)27)35-18-4-2-3-16(24)9-18/h2-4,7-10,14-15,20H,5-6,11-13H2,1H3,(H,29,31)/t14-,15+,20+. The van der Waals surface area contributed by atoms with E-state index in [2.05, 4.69) is 25.3 Å². The van der Waals surface area contributed by atoms with Gasteiger partial charge >= 0.3 is 12.2 Å². The van der Waals surface area contributed by atoms with Gasteiger partial charge in [-0.15, -0.1) is 5.10 Å². The molecule has 3 atom stereocenters. The van der Waals surface area contributed by atoms with E-state index >= 15 is 0 Å². The SMILES string of the molecule is COc1cc(N2C[C@H]3CC[C@@H](C2)[C@H]3Nc2nc(Oc3cccc(Cl)c3)n(CC(F)(F)F)n2)ccn1. The molecule has 2 aromatic heterocycles. The van der Waals surface area contributed by atoms with Gasteiger partial charge in [-0.1, -0.05) is 17.7 Å². The number of rotatable bonds is 7. The van der Waals surface area contributed by atoms with Crippen LogP contribution in [0.1, 0.15) is 12.8 Å². The lowest BCUT2D eigenvalue weighted by molar-refractivity contribution is -0.143. The lowest BCUT2D eigenvalue weighted by Crippen LogP contribution is -2.48. The lowest BCUT2D eigenvalue weighted by atomic mass is 9.92. The van der Waals surface area contributed by atoms with E-state index in [1.807, 2.05) is 12.1 Å². The molecule has 0 radical (unpaired) electrons. The van der Waals surface area contributed by atoms with Crippen molar-refractivity contribution in [2.24, 2.45) is 11.8 Å². The predicted octanol–water partition coefficient (Wildman–Crippen LogP) is 5.02. The van der Waals surface area contributed by atoms with E-state index in [1.54, 1.807) is 31.5 Å². The fraction of sp³-hybridized carbons (Fsp3) is 0.435. The predicted molar refractivity (Wildman–Crippen MR) is 124 cm³/mol. The summed E-state index contributed by atoms with van der Waals surface area (Å²) in [5.41, 5.74) is 1.04. The van der Waals surface area contributed by atoms with Gasteiger partial charge in [0.2, 0.25) is 11.8 Å². The number of pyridine rings is 1. The summed E-state index contributed by atoms with van der Waals surface area (Å²) in [7, 11) is 1.58. The van der Waals surface area contributed by atoms with Gasteiger partial charge in [-0.3, -0.25) is 0 Å². The number of hydrogen-bond donors (Lipinski definition) is 1. The van der Waals surface area contributed by atoms with Crippen LogP contribution in [-0.2, 0) is 6.54 Å². The molecule has 186 valence electrons. The van der Waals surface area contributed by atoms with Crippen LogP contribution in [-0.4, -0.2) is 52.2 Å². The fourth-order valence-corrected chi connectivity index (χ4v) is 5.08. The Bertz CT molecular complexity index is 1180. The van der Waals surface area contributed by atoms with Crippen molar-refractivity contribution in [3.05, 3.63) is 47.6 Å². The van der Waals surface area contributed by atoms with E-state index in [0.29, 0.717) is 22.7 Å². The molecule has 1 aromatic carbocycles. The second-order valence-corrected chi connectivity index (χ2v) is 9.22. The third-order valence-corrected chi connectivity index (χ3v) is 6.63. The quantitative estimate of drug-likeness (QED) is 0.480. The first-order valence-electron chi connectivity index (χ1n) is 11.2. The van der Waals surface area contributed by atoms with Crippen LogP contribution in [0.3, 0.4) is 0 Å². The van der Waals surface area contributed by atoms with Crippen LogP contribution in [0.25, 0.3) is 0 Å². The van der Waals surface area contributed by atoms with Crippen LogP contribution in [0.2, 0.25) is 5.02 Å². The van der Waals surface area contributed by atoms with Crippen LogP contribution in [0.5, 0.6) is 17.6 Å². The van der Waals surface area contributed by atoms with Gasteiger partial charge in [0.05, 0.1) is 7.11 Å². The normalized spacial score (nSPS) is 21.7. The minimum atomic E-state index is -4.48. The Hall–Kier alpha value is -3.21. The van der Waals surface area contributed by atoms with Crippen molar-refractivity contribution in [1.29, 1.82) is 0 Å². The number of nitrogens with zero attached hydrogens (tertiary/aromatic N) is 5. The molecule has 35 heavy (non-hydrogen) atoms. The molecule has 12 heteroatoms. The number of methoxy groups -OCH3 is 1. The zero-order chi connectivity index (χ0) is 24.6. The van der Waals surface area contributed by atoms with Crippen molar-refractivity contribution in [1.82, 2.24) is 19.7 Å². The van der Waals surface area contributed by atoms with Crippen molar-refractivity contribution in [2.75, 3.05) is 30.4 Å². The number of anilines is 2. The van der Waals surface area contributed by atoms with Crippen LogP contribution >= 0.6 is 11.6 Å². The molecule has 2 fully saturated rings.